The van der Waals surface area contributed by atoms with Crippen LogP contribution >= 0.6 is 0 Å². The number of nitrogens with one attached hydrogen (secondary N) is 1. The molecule has 12 heavy (non-hydrogen) atoms. The van der Waals surface area contributed by atoms with E-state index >= 15 is 0 Å². The number of aromatic nitrogens is 1. The minimum Gasteiger partial charge on any atom is -0.361 e. The van der Waals surface area contributed by atoms with Crippen molar-refractivity contribution < 1.29 is 4.52 Å². The van der Waals surface area contributed by atoms with Crippen LogP contribution in [0.1, 0.15) is 30.7 Å². The summed E-state index contributed by atoms with van der Waals surface area (Å²) in [6.45, 7) is 2.26. The molecule has 0 saturated heterocycles. The van der Waals surface area contributed by atoms with Gasteiger partial charge in [-0.25, -0.2) is 0 Å². The second-order valence-electron chi connectivity index (χ2n) is 3.49. The van der Waals surface area contributed by atoms with E-state index in [0.29, 0.717) is 12.0 Å². The maximum absolute atomic E-state index is 5.15. The van der Waals surface area contributed by atoms with Crippen molar-refractivity contribution in [1.82, 2.24) is 10.5 Å². The van der Waals surface area contributed by atoms with E-state index in [2.05, 4.69) is 17.4 Å². The van der Waals surface area contributed by atoms with Gasteiger partial charge < -0.3 is 9.84 Å². The highest BCUT2D eigenvalue weighted by molar-refractivity contribution is 5.22. The Balaban J connectivity index is 2.34. The molecule has 1 aromatic heterocycles. The third kappa shape index (κ3) is 1.05. The van der Waals surface area contributed by atoms with Crippen molar-refractivity contribution in [2.24, 2.45) is 5.92 Å². The summed E-state index contributed by atoms with van der Waals surface area (Å²) in [5, 5.41) is 7.12. The Bertz CT molecular complexity index is 269. The van der Waals surface area contributed by atoms with Crippen LogP contribution in [-0.2, 0) is 6.42 Å². The van der Waals surface area contributed by atoms with Gasteiger partial charge in [-0.15, -0.1) is 0 Å². The summed E-state index contributed by atoms with van der Waals surface area (Å²) in [6, 6.07) is 0.431. The maximum Gasteiger partial charge on any atom is 0.141 e. The summed E-state index contributed by atoms with van der Waals surface area (Å²) >= 11 is 0. The van der Waals surface area contributed by atoms with E-state index in [-0.39, 0.29) is 0 Å². The lowest BCUT2D eigenvalue weighted by Crippen LogP contribution is -2.27. The van der Waals surface area contributed by atoms with Gasteiger partial charge in [0.05, 0.1) is 6.20 Å². The van der Waals surface area contributed by atoms with Gasteiger partial charge in [0.2, 0.25) is 0 Å². The Kier molecular flexibility index (Phi) is 1.89. The Morgan fingerprint density at radius 3 is 3.25 bits per heavy atom. The predicted octanol–water partition coefficient (Wildman–Crippen LogP) is 1.52. The Morgan fingerprint density at radius 1 is 1.67 bits per heavy atom. The lowest BCUT2D eigenvalue weighted by Gasteiger charge is -2.26. The largest absolute Gasteiger partial charge is 0.361 e. The quantitative estimate of drug-likeness (QED) is 0.687. The Labute approximate surface area is 72.1 Å². The van der Waals surface area contributed by atoms with E-state index in [1.54, 1.807) is 0 Å². The van der Waals surface area contributed by atoms with Gasteiger partial charge in [-0.1, -0.05) is 12.1 Å². The van der Waals surface area contributed by atoms with Crippen LogP contribution in [0.25, 0.3) is 0 Å². The SMILES string of the molecule is CNC1c2cnoc2CCC1C. The highest BCUT2D eigenvalue weighted by Crippen LogP contribution is 2.33. The number of rotatable bonds is 1. The monoisotopic (exact) mass is 166 g/mol. The van der Waals surface area contributed by atoms with Crippen molar-refractivity contribution in [2.75, 3.05) is 7.05 Å². The smallest absolute Gasteiger partial charge is 0.141 e. The van der Waals surface area contributed by atoms with Crippen LogP contribution in [0.5, 0.6) is 0 Å². The van der Waals surface area contributed by atoms with Crippen LogP contribution in [0.4, 0.5) is 0 Å². The first kappa shape index (κ1) is 7.80. The fourth-order valence-corrected chi connectivity index (χ4v) is 1.99. The summed E-state index contributed by atoms with van der Waals surface area (Å²) in [4.78, 5) is 0. The summed E-state index contributed by atoms with van der Waals surface area (Å²) in [5.74, 6) is 1.74. The number of hydrogen-bond donors (Lipinski definition) is 1. The average molecular weight is 166 g/mol. The molecular weight excluding hydrogens is 152 g/mol. The zero-order valence-electron chi connectivity index (χ0n) is 7.50. The van der Waals surface area contributed by atoms with E-state index in [1.807, 2.05) is 13.2 Å². The molecule has 3 nitrogen and oxygen atoms in total. The molecule has 1 aliphatic carbocycles. The molecule has 1 heterocycles. The maximum atomic E-state index is 5.15. The summed E-state index contributed by atoms with van der Waals surface area (Å²) in [5.41, 5.74) is 1.25. The van der Waals surface area contributed by atoms with Gasteiger partial charge in [-0.3, -0.25) is 0 Å². The molecule has 0 amide bonds. The zero-order valence-corrected chi connectivity index (χ0v) is 7.50. The molecule has 0 fully saturated rings. The van der Waals surface area contributed by atoms with Crippen LogP contribution < -0.4 is 5.32 Å². The van der Waals surface area contributed by atoms with Crippen molar-refractivity contribution in [3.05, 3.63) is 17.5 Å². The third-order valence-electron chi connectivity index (χ3n) is 2.72. The molecule has 2 rings (SSSR count). The summed E-state index contributed by atoms with van der Waals surface area (Å²) < 4.78 is 5.15. The molecule has 0 saturated carbocycles. The number of fused-ring (bicyclic) bond motifs is 1. The molecule has 1 aromatic rings. The topological polar surface area (TPSA) is 38.1 Å². The van der Waals surface area contributed by atoms with Crippen LogP contribution in [0.15, 0.2) is 10.7 Å². The zero-order chi connectivity index (χ0) is 8.55. The molecule has 3 heteroatoms. The van der Waals surface area contributed by atoms with Gasteiger partial charge >= 0.3 is 0 Å². The third-order valence-corrected chi connectivity index (χ3v) is 2.72. The van der Waals surface area contributed by atoms with Gasteiger partial charge in [-0.05, 0) is 19.4 Å². The molecule has 2 unspecified atom stereocenters. The highest BCUT2D eigenvalue weighted by atomic mass is 16.5. The first-order valence-electron chi connectivity index (χ1n) is 4.43. The minimum atomic E-state index is 0.431. The molecule has 2 atom stereocenters. The molecular formula is C9H14N2O. The second kappa shape index (κ2) is 2.90. The summed E-state index contributed by atoms with van der Waals surface area (Å²) in [7, 11) is 1.99. The molecule has 1 aliphatic rings. The molecule has 0 bridgehead atoms. The molecule has 1 N–H and O–H groups in total. The van der Waals surface area contributed by atoms with Crippen LogP contribution in [0.2, 0.25) is 0 Å². The van der Waals surface area contributed by atoms with Crippen molar-refractivity contribution in [3.8, 4) is 0 Å². The number of aryl methyl sites for hydroxylation is 1. The van der Waals surface area contributed by atoms with Crippen LogP contribution in [-0.4, -0.2) is 12.2 Å². The first-order chi connectivity index (χ1) is 5.83. The lowest BCUT2D eigenvalue weighted by atomic mass is 9.85. The van der Waals surface area contributed by atoms with E-state index in [4.69, 9.17) is 4.52 Å². The molecule has 66 valence electrons. The second-order valence-corrected chi connectivity index (χ2v) is 3.49. The van der Waals surface area contributed by atoms with Gasteiger partial charge in [-0.2, -0.15) is 0 Å². The lowest BCUT2D eigenvalue weighted by molar-refractivity contribution is 0.314. The van der Waals surface area contributed by atoms with Crippen LogP contribution in [0.3, 0.4) is 0 Å². The number of nitrogens with zero attached hydrogens (tertiary/aromatic N) is 1. The van der Waals surface area contributed by atoms with Crippen molar-refractivity contribution in [2.45, 2.75) is 25.8 Å². The Hall–Kier alpha value is -0.830. The molecule has 0 spiro atoms. The molecule has 0 aromatic carbocycles. The van der Waals surface area contributed by atoms with Crippen LogP contribution in [0, 0.1) is 5.92 Å². The van der Waals surface area contributed by atoms with E-state index in [1.165, 1.54) is 12.0 Å². The number of hydrogen-bond acceptors (Lipinski definition) is 3. The molecule has 0 aliphatic heterocycles. The fourth-order valence-electron chi connectivity index (χ4n) is 1.99. The highest BCUT2D eigenvalue weighted by Gasteiger charge is 2.27. The average Bonchev–Trinajstić information content (AvgIpc) is 2.52. The van der Waals surface area contributed by atoms with Gasteiger partial charge in [0, 0.05) is 18.0 Å². The van der Waals surface area contributed by atoms with E-state index in [0.717, 1.165) is 12.2 Å². The minimum absolute atomic E-state index is 0.431. The first-order valence-corrected chi connectivity index (χ1v) is 4.43. The summed E-state index contributed by atoms with van der Waals surface area (Å²) in [6.07, 6.45) is 4.06. The Morgan fingerprint density at radius 2 is 2.50 bits per heavy atom. The standard InChI is InChI=1S/C9H14N2O/c1-6-3-4-8-7(5-11-12-8)9(6)10-2/h5-6,9-10H,3-4H2,1-2H3. The van der Waals surface area contributed by atoms with Crippen molar-refractivity contribution in [3.63, 3.8) is 0 Å². The fraction of sp³-hybridized carbons (Fsp3) is 0.667. The van der Waals surface area contributed by atoms with E-state index in [9.17, 15) is 0 Å². The van der Waals surface area contributed by atoms with Gasteiger partial charge in [0.1, 0.15) is 5.76 Å². The molecule has 0 radical (unpaired) electrons. The van der Waals surface area contributed by atoms with E-state index < -0.39 is 0 Å². The predicted molar refractivity (Wildman–Crippen MR) is 45.8 cm³/mol. The van der Waals surface area contributed by atoms with Gasteiger partial charge in [0.25, 0.3) is 0 Å². The normalized spacial score (nSPS) is 28.5. The van der Waals surface area contributed by atoms with Crippen molar-refractivity contribution in [1.29, 1.82) is 0 Å². The van der Waals surface area contributed by atoms with Gasteiger partial charge in [0.15, 0.2) is 0 Å². The van der Waals surface area contributed by atoms with Crippen molar-refractivity contribution >= 4 is 0 Å².